The van der Waals surface area contributed by atoms with Gasteiger partial charge >= 0.3 is 5.97 Å². The molecule has 0 fully saturated rings. The number of hydrogen-bond donors (Lipinski definition) is 0. The van der Waals surface area contributed by atoms with Crippen molar-refractivity contribution in [3.8, 4) is 0 Å². The molecule has 3 nitrogen and oxygen atoms in total. The summed E-state index contributed by atoms with van der Waals surface area (Å²) in [4.78, 5) is 21.3. The summed E-state index contributed by atoms with van der Waals surface area (Å²) in [7, 11) is 0. The number of aldehydes is 1. The molecule has 3 heteroatoms. The molecule has 0 aliphatic carbocycles. The van der Waals surface area contributed by atoms with Crippen LogP contribution in [0.25, 0.3) is 0 Å². The van der Waals surface area contributed by atoms with Crippen LogP contribution in [0.3, 0.4) is 0 Å². The van der Waals surface area contributed by atoms with Crippen LogP contribution >= 0.6 is 0 Å². The Bertz CT molecular complexity index is 178. The van der Waals surface area contributed by atoms with Gasteiger partial charge in [-0.25, -0.2) is 0 Å². The van der Waals surface area contributed by atoms with E-state index >= 15 is 0 Å². The van der Waals surface area contributed by atoms with Gasteiger partial charge in [0.1, 0.15) is 12.2 Å². The molecule has 0 aromatic heterocycles. The molecule has 0 heterocycles. The lowest BCUT2D eigenvalue weighted by Crippen LogP contribution is -2.16. The first kappa shape index (κ1) is 14.1. The largest absolute Gasteiger partial charge is 0.465 e. The molecule has 0 amide bonds. The standard InChI is InChI=1S/C12H22O3/c1-3-4-5-6-7-8-9-15-12(14)11(2)10-13/h10-11H,3-9H2,1-2H3. The first-order valence-corrected chi connectivity index (χ1v) is 5.84. The predicted octanol–water partition coefficient (Wildman–Crippen LogP) is 2.73. The number of hydrogen-bond acceptors (Lipinski definition) is 3. The fourth-order valence-corrected chi connectivity index (χ4v) is 1.24. The predicted molar refractivity (Wildman–Crippen MR) is 59.6 cm³/mol. The highest BCUT2D eigenvalue weighted by atomic mass is 16.5. The average molecular weight is 214 g/mol. The number of ether oxygens (including phenoxy) is 1. The molecule has 0 aliphatic rings. The Kier molecular flexibility index (Phi) is 9.13. The van der Waals surface area contributed by atoms with Gasteiger partial charge in [0.05, 0.1) is 6.61 Å². The van der Waals surface area contributed by atoms with Crippen molar-refractivity contribution in [1.82, 2.24) is 0 Å². The van der Waals surface area contributed by atoms with Crippen molar-refractivity contribution in [2.24, 2.45) is 5.92 Å². The van der Waals surface area contributed by atoms with Gasteiger partial charge in [-0.3, -0.25) is 4.79 Å². The highest BCUT2D eigenvalue weighted by molar-refractivity contribution is 5.87. The van der Waals surface area contributed by atoms with Gasteiger partial charge in [-0.1, -0.05) is 39.0 Å². The van der Waals surface area contributed by atoms with Gasteiger partial charge in [0.2, 0.25) is 0 Å². The lowest BCUT2D eigenvalue weighted by Gasteiger charge is -2.05. The molecule has 0 spiro atoms. The van der Waals surface area contributed by atoms with Gasteiger partial charge in [0.25, 0.3) is 0 Å². The fraction of sp³-hybridized carbons (Fsp3) is 0.833. The number of unbranched alkanes of at least 4 members (excludes halogenated alkanes) is 5. The van der Waals surface area contributed by atoms with Crippen molar-refractivity contribution >= 4 is 12.3 Å². The van der Waals surface area contributed by atoms with E-state index in [1.54, 1.807) is 6.92 Å². The minimum atomic E-state index is -0.620. The molecule has 1 unspecified atom stereocenters. The molecule has 0 aromatic carbocycles. The molecular weight excluding hydrogens is 192 g/mol. The highest BCUT2D eigenvalue weighted by Crippen LogP contribution is 2.05. The fourth-order valence-electron chi connectivity index (χ4n) is 1.24. The van der Waals surface area contributed by atoms with E-state index in [4.69, 9.17) is 4.74 Å². The van der Waals surface area contributed by atoms with Crippen molar-refractivity contribution < 1.29 is 14.3 Å². The second-order valence-corrected chi connectivity index (χ2v) is 3.86. The van der Waals surface area contributed by atoms with E-state index in [1.165, 1.54) is 25.7 Å². The maximum Gasteiger partial charge on any atom is 0.315 e. The Hall–Kier alpha value is -0.860. The Morgan fingerprint density at radius 2 is 1.80 bits per heavy atom. The van der Waals surface area contributed by atoms with Crippen LogP contribution in [-0.2, 0) is 14.3 Å². The second kappa shape index (κ2) is 9.69. The van der Waals surface area contributed by atoms with Crippen LogP contribution in [0.5, 0.6) is 0 Å². The highest BCUT2D eigenvalue weighted by Gasteiger charge is 2.11. The van der Waals surface area contributed by atoms with E-state index < -0.39 is 11.9 Å². The van der Waals surface area contributed by atoms with E-state index in [-0.39, 0.29) is 0 Å². The number of rotatable bonds is 9. The summed E-state index contributed by atoms with van der Waals surface area (Å²) in [5, 5.41) is 0. The zero-order chi connectivity index (χ0) is 11.5. The van der Waals surface area contributed by atoms with E-state index in [9.17, 15) is 9.59 Å². The molecule has 88 valence electrons. The average Bonchev–Trinajstić information content (AvgIpc) is 2.26. The van der Waals surface area contributed by atoms with Crippen LogP contribution in [0.4, 0.5) is 0 Å². The maximum absolute atomic E-state index is 11.1. The van der Waals surface area contributed by atoms with E-state index in [0.717, 1.165) is 12.8 Å². The zero-order valence-electron chi connectivity index (χ0n) is 9.83. The molecule has 1 atom stereocenters. The van der Waals surface area contributed by atoms with E-state index in [1.807, 2.05) is 0 Å². The summed E-state index contributed by atoms with van der Waals surface area (Å²) in [6, 6.07) is 0. The van der Waals surface area contributed by atoms with Gasteiger partial charge in [0.15, 0.2) is 0 Å². The second-order valence-electron chi connectivity index (χ2n) is 3.86. The van der Waals surface area contributed by atoms with Crippen LogP contribution < -0.4 is 0 Å². The van der Waals surface area contributed by atoms with Crippen LogP contribution in [0.2, 0.25) is 0 Å². The van der Waals surface area contributed by atoms with Crippen LogP contribution in [-0.4, -0.2) is 18.9 Å². The molecule has 0 radical (unpaired) electrons. The van der Waals surface area contributed by atoms with Gasteiger partial charge in [-0.2, -0.15) is 0 Å². The van der Waals surface area contributed by atoms with Crippen molar-refractivity contribution in [3.63, 3.8) is 0 Å². The third-order valence-corrected chi connectivity index (χ3v) is 2.32. The van der Waals surface area contributed by atoms with Gasteiger partial charge in [-0.05, 0) is 13.3 Å². The van der Waals surface area contributed by atoms with E-state index in [0.29, 0.717) is 12.9 Å². The topological polar surface area (TPSA) is 43.4 Å². The maximum atomic E-state index is 11.1. The molecule has 0 aromatic rings. The lowest BCUT2D eigenvalue weighted by molar-refractivity contribution is -0.149. The zero-order valence-corrected chi connectivity index (χ0v) is 9.83. The minimum absolute atomic E-state index is 0.404. The van der Waals surface area contributed by atoms with Gasteiger partial charge in [-0.15, -0.1) is 0 Å². The summed E-state index contributed by atoms with van der Waals surface area (Å²) in [5.41, 5.74) is 0. The quantitative estimate of drug-likeness (QED) is 0.256. The lowest BCUT2D eigenvalue weighted by atomic mass is 10.1. The molecule has 15 heavy (non-hydrogen) atoms. The Morgan fingerprint density at radius 3 is 2.40 bits per heavy atom. The molecule has 0 aliphatic heterocycles. The first-order valence-electron chi connectivity index (χ1n) is 5.84. The minimum Gasteiger partial charge on any atom is -0.465 e. The Morgan fingerprint density at radius 1 is 1.20 bits per heavy atom. The number of esters is 1. The van der Waals surface area contributed by atoms with Crippen molar-refractivity contribution in [1.29, 1.82) is 0 Å². The monoisotopic (exact) mass is 214 g/mol. The Labute approximate surface area is 92.2 Å². The third kappa shape index (κ3) is 8.16. The number of carbonyl (C=O) groups excluding carboxylic acids is 2. The summed E-state index contributed by atoms with van der Waals surface area (Å²) in [6.45, 7) is 4.18. The van der Waals surface area contributed by atoms with Crippen molar-refractivity contribution in [2.75, 3.05) is 6.61 Å². The summed E-state index contributed by atoms with van der Waals surface area (Å²) in [5.74, 6) is -1.02. The normalized spacial score (nSPS) is 12.1. The molecule has 0 bridgehead atoms. The number of carbonyl (C=O) groups is 2. The van der Waals surface area contributed by atoms with Crippen LogP contribution in [0.15, 0.2) is 0 Å². The van der Waals surface area contributed by atoms with E-state index in [2.05, 4.69) is 6.92 Å². The van der Waals surface area contributed by atoms with Crippen molar-refractivity contribution in [2.45, 2.75) is 52.4 Å². The molecule has 0 saturated heterocycles. The molecular formula is C12H22O3. The summed E-state index contributed by atoms with van der Waals surface area (Å²) in [6.07, 6.45) is 7.60. The molecule has 0 saturated carbocycles. The van der Waals surface area contributed by atoms with Gasteiger partial charge < -0.3 is 9.53 Å². The summed E-state index contributed by atoms with van der Waals surface area (Å²) >= 11 is 0. The smallest absolute Gasteiger partial charge is 0.315 e. The SMILES string of the molecule is CCCCCCCCOC(=O)C(C)C=O. The molecule has 0 N–H and O–H groups in total. The Balaban J connectivity index is 3.23. The van der Waals surface area contributed by atoms with Crippen LogP contribution in [0.1, 0.15) is 52.4 Å². The van der Waals surface area contributed by atoms with Gasteiger partial charge in [0, 0.05) is 0 Å². The first-order chi connectivity index (χ1) is 7.22. The van der Waals surface area contributed by atoms with Crippen molar-refractivity contribution in [3.05, 3.63) is 0 Å². The van der Waals surface area contributed by atoms with Crippen LogP contribution in [0, 0.1) is 5.92 Å². The molecule has 0 rings (SSSR count). The summed E-state index contributed by atoms with van der Waals surface area (Å²) < 4.78 is 4.93. The third-order valence-electron chi connectivity index (χ3n) is 2.32.